The number of furan rings is 1. The van der Waals surface area contributed by atoms with Crippen molar-refractivity contribution in [3.8, 4) is 11.3 Å². The summed E-state index contributed by atoms with van der Waals surface area (Å²) in [6, 6.07) is 19.7. The number of carbonyl (C=O) groups is 1. The SMILES string of the molecule is O=C(O)c1ccccc1-c1ccc(/C=N\Nc2nc(Nc3ccccc3)nc(N3CCOCC3)n2)o1. The van der Waals surface area contributed by atoms with E-state index < -0.39 is 5.97 Å². The van der Waals surface area contributed by atoms with Gasteiger partial charge in [0.25, 0.3) is 0 Å². The summed E-state index contributed by atoms with van der Waals surface area (Å²) in [4.78, 5) is 27.0. The molecule has 1 aliphatic heterocycles. The highest BCUT2D eigenvalue weighted by molar-refractivity contribution is 5.95. The molecule has 1 fully saturated rings. The number of aromatic nitrogens is 3. The molecule has 2 aromatic heterocycles. The van der Waals surface area contributed by atoms with E-state index in [0.717, 1.165) is 5.69 Å². The Labute approximate surface area is 206 Å². The van der Waals surface area contributed by atoms with Gasteiger partial charge in [-0.1, -0.05) is 36.4 Å². The molecule has 1 aliphatic rings. The highest BCUT2D eigenvalue weighted by Crippen LogP contribution is 2.25. The number of benzene rings is 2. The first-order chi connectivity index (χ1) is 17.7. The van der Waals surface area contributed by atoms with E-state index in [-0.39, 0.29) is 11.5 Å². The van der Waals surface area contributed by atoms with E-state index >= 15 is 0 Å². The molecule has 2 aromatic carbocycles. The van der Waals surface area contributed by atoms with Crippen molar-refractivity contribution in [1.29, 1.82) is 0 Å². The van der Waals surface area contributed by atoms with Crippen molar-refractivity contribution in [2.45, 2.75) is 0 Å². The number of ether oxygens (including phenoxy) is 1. The van der Waals surface area contributed by atoms with Gasteiger partial charge in [0.15, 0.2) is 0 Å². The van der Waals surface area contributed by atoms with Crippen LogP contribution in [0.3, 0.4) is 0 Å². The molecule has 0 radical (unpaired) electrons. The van der Waals surface area contributed by atoms with Crippen LogP contribution in [0.15, 0.2) is 76.2 Å². The van der Waals surface area contributed by atoms with Crippen LogP contribution in [0.25, 0.3) is 11.3 Å². The van der Waals surface area contributed by atoms with Crippen LogP contribution in [0, 0.1) is 0 Å². The summed E-state index contributed by atoms with van der Waals surface area (Å²) in [6.45, 7) is 2.54. The Bertz CT molecular complexity index is 1370. The van der Waals surface area contributed by atoms with E-state index in [1.807, 2.05) is 35.2 Å². The minimum Gasteiger partial charge on any atom is -0.478 e. The number of hydrogen-bond acceptors (Lipinski definition) is 10. The molecule has 5 rings (SSSR count). The second-order valence-corrected chi connectivity index (χ2v) is 7.80. The molecule has 182 valence electrons. The van der Waals surface area contributed by atoms with Gasteiger partial charge in [-0.25, -0.2) is 10.2 Å². The summed E-state index contributed by atoms with van der Waals surface area (Å²) >= 11 is 0. The molecule has 4 aromatic rings. The lowest BCUT2D eigenvalue weighted by molar-refractivity contribution is 0.0697. The van der Waals surface area contributed by atoms with E-state index in [9.17, 15) is 9.90 Å². The maximum atomic E-state index is 11.5. The molecular weight excluding hydrogens is 462 g/mol. The maximum absolute atomic E-state index is 11.5. The number of nitrogens with zero attached hydrogens (tertiary/aromatic N) is 5. The predicted octanol–water partition coefficient (Wildman–Crippen LogP) is 3.86. The Balaban J connectivity index is 1.35. The summed E-state index contributed by atoms with van der Waals surface area (Å²) in [5.74, 6) is 0.978. The molecule has 3 heterocycles. The number of morpholine rings is 1. The van der Waals surface area contributed by atoms with Crippen molar-refractivity contribution in [3.05, 3.63) is 78.1 Å². The normalized spacial score (nSPS) is 13.6. The largest absolute Gasteiger partial charge is 0.478 e. The van der Waals surface area contributed by atoms with Crippen LogP contribution in [0.1, 0.15) is 16.1 Å². The molecule has 36 heavy (non-hydrogen) atoms. The zero-order chi connectivity index (χ0) is 24.7. The number of aromatic carboxylic acids is 1. The summed E-state index contributed by atoms with van der Waals surface area (Å²) in [7, 11) is 0. The number of para-hydroxylation sites is 1. The van der Waals surface area contributed by atoms with Crippen molar-refractivity contribution in [3.63, 3.8) is 0 Å². The number of hydrogen-bond donors (Lipinski definition) is 3. The molecule has 0 bridgehead atoms. The van der Waals surface area contributed by atoms with E-state index in [1.54, 1.807) is 30.3 Å². The first-order valence-corrected chi connectivity index (χ1v) is 11.3. The second kappa shape index (κ2) is 10.7. The number of nitrogens with one attached hydrogen (secondary N) is 2. The van der Waals surface area contributed by atoms with Gasteiger partial charge in [-0.05, 0) is 30.3 Å². The van der Waals surface area contributed by atoms with Crippen molar-refractivity contribution in [2.75, 3.05) is 41.9 Å². The van der Waals surface area contributed by atoms with E-state index in [4.69, 9.17) is 9.15 Å². The Hall–Kier alpha value is -4.77. The molecule has 0 amide bonds. The summed E-state index contributed by atoms with van der Waals surface area (Å²) in [5, 5.41) is 16.8. The topological polar surface area (TPSA) is 138 Å². The van der Waals surface area contributed by atoms with Gasteiger partial charge in [0, 0.05) is 24.3 Å². The highest BCUT2D eigenvalue weighted by atomic mass is 16.5. The zero-order valence-electron chi connectivity index (χ0n) is 19.2. The summed E-state index contributed by atoms with van der Waals surface area (Å²) < 4.78 is 11.2. The Morgan fingerprint density at radius 1 is 0.944 bits per heavy atom. The maximum Gasteiger partial charge on any atom is 0.336 e. The van der Waals surface area contributed by atoms with Gasteiger partial charge in [0.1, 0.15) is 11.5 Å². The molecule has 0 saturated carbocycles. The summed E-state index contributed by atoms with van der Waals surface area (Å²) in [6.07, 6.45) is 1.47. The van der Waals surface area contributed by atoms with Gasteiger partial charge in [0.2, 0.25) is 17.8 Å². The van der Waals surface area contributed by atoms with Crippen molar-refractivity contribution in [1.82, 2.24) is 15.0 Å². The highest BCUT2D eigenvalue weighted by Gasteiger charge is 2.17. The van der Waals surface area contributed by atoms with E-state index in [0.29, 0.717) is 55.3 Å². The molecule has 3 N–H and O–H groups in total. The smallest absolute Gasteiger partial charge is 0.336 e. The lowest BCUT2D eigenvalue weighted by Gasteiger charge is -2.27. The van der Waals surface area contributed by atoms with Crippen LogP contribution in [0.4, 0.5) is 23.5 Å². The second-order valence-electron chi connectivity index (χ2n) is 7.80. The molecular formula is C25H23N7O4. The van der Waals surface area contributed by atoms with Crippen LogP contribution in [-0.2, 0) is 4.74 Å². The minimum absolute atomic E-state index is 0.160. The molecule has 0 aliphatic carbocycles. The standard InChI is InChI=1S/C25H23N7O4/c33-22(34)20-9-5-4-8-19(20)21-11-10-18(36-21)16-26-31-24-28-23(27-17-6-2-1-3-7-17)29-25(30-24)32-12-14-35-15-13-32/h1-11,16H,12-15H2,(H,33,34)(H2,27,28,29,30,31)/b26-16-. The van der Waals surface area contributed by atoms with Crippen LogP contribution >= 0.6 is 0 Å². The third kappa shape index (κ3) is 5.47. The fraction of sp³-hybridized carbons (Fsp3) is 0.160. The van der Waals surface area contributed by atoms with Crippen LogP contribution in [0.5, 0.6) is 0 Å². The van der Waals surface area contributed by atoms with Gasteiger partial charge >= 0.3 is 5.97 Å². The molecule has 0 spiro atoms. The van der Waals surface area contributed by atoms with E-state index in [2.05, 4.69) is 30.8 Å². The fourth-order valence-electron chi connectivity index (χ4n) is 3.63. The lowest BCUT2D eigenvalue weighted by atomic mass is 10.1. The van der Waals surface area contributed by atoms with Crippen molar-refractivity contribution >= 4 is 35.7 Å². The molecule has 11 heteroatoms. The Kier molecular flexibility index (Phi) is 6.81. The Morgan fingerprint density at radius 3 is 2.50 bits per heavy atom. The Morgan fingerprint density at radius 2 is 1.69 bits per heavy atom. The van der Waals surface area contributed by atoms with Gasteiger partial charge in [0.05, 0.1) is 25.0 Å². The quantitative estimate of drug-likeness (QED) is 0.249. The van der Waals surface area contributed by atoms with Crippen LogP contribution in [0.2, 0.25) is 0 Å². The number of carboxylic acids is 1. The van der Waals surface area contributed by atoms with Gasteiger partial charge in [-0.3, -0.25) is 0 Å². The van der Waals surface area contributed by atoms with Crippen LogP contribution in [-0.4, -0.2) is 58.5 Å². The van der Waals surface area contributed by atoms with Gasteiger partial charge in [-0.15, -0.1) is 0 Å². The van der Waals surface area contributed by atoms with Crippen molar-refractivity contribution < 1.29 is 19.1 Å². The number of rotatable bonds is 8. The number of hydrazone groups is 1. The average molecular weight is 486 g/mol. The first kappa shape index (κ1) is 23.0. The number of carboxylic acid groups (broad SMARTS) is 1. The van der Waals surface area contributed by atoms with Gasteiger partial charge < -0.3 is 24.5 Å². The van der Waals surface area contributed by atoms with Crippen LogP contribution < -0.4 is 15.6 Å². The monoisotopic (exact) mass is 485 g/mol. The fourth-order valence-corrected chi connectivity index (χ4v) is 3.63. The molecule has 1 saturated heterocycles. The first-order valence-electron chi connectivity index (χ1n) is 11.3. The zero-order valence-corrected chi connectivity index (χ0v) is 19.2. The molecule has 0 unspecified atom stereocenters. The third-order valence-corrected chi connectivity index (χ3v) is 5.35. The minimum atomic E-state index is -1.02. The number of anilines is 4. The molecule has 11 nitrogen and oxygen atoms in total. The lowest BCUT2D eigenvalue weighted by Crippen LogP contribution is -2.37. The van der Waals surface area contributed by atoms with Gasteiger partial charge in [-0.2, -0.15) is 20.1 Å². The predicted molar refractivity (Wildman–Crippen MR) is 135 cm³/mol. The third-order valence-electron chi connectivity index (χ3n) is 5.35. The van der Waals surface area contributed by atoms with Crippen molar-refractivity contribution in [2.24, 2.45) is 5.10 Å². The summed E-state index contributed by atoms with van der Waals surface area (Å²) in [5.41, 5.74) is 4.32. The van der Waals surface area contributed by atoms with E-state index in [1.165, 1.54) is 12.3 Å². The average Bonchev–Trinajstić information content (AvgIpc) is 3.38. The molecule has 0 atom stereocenters.